The Hall–Kier alpha value is -1.78. The molecule has 1 heterocycles. The van der Waals surface area contributed by atoms with Crippen molar-refractivity contribution >= 4 is 45.7 Å². The van der Waals surface area contributed by atoms with E-state index in [-0.39, 0.29) is 0 Å². The first-order valence-electron chi connectivity index (χ1n) is 6.32. The fourth-order valence-electron chi connectivity index (χ4n) is 1.50. The van der Waals surface area contributed by atoms with Gasteiger partial charge in [-0.15, -0.1) is 11.8 Å². The smallest absolute Gasteiger partial charge is 0.413 e. The summed E-state index contributed by atoms with van der Waals surface area (Å²) in [5.74, 6) is 1.48. The summed E-state index contributed by atoms with van der Waals surface area (Å²) >= 11 is 1.80. The molecule has 0 aliphatic carbocycles. The molecular weight excluding hydrogens is 328 g/mol. The van der Waals surface area contributed by atoms with Crippen LogP contribution in [0.5, 0.6) is 0 Å². The zero-order valence-corrected chi connectivity index (χ0v) is 13.9. The molecule has 0 aliphatic rings. The van der Waals surface area contributed by atoms with Crippen LogP contribution in [0.3, 0.4) is 0 Å². The fourth-order valence-corrected chi connectivity index (χ4v) is 2.30. The number of rotatable bonds is 4. The predicted octanol–water partition coefficient (Wildman–Crippen LogP) is 1.71. The van der Waals surface area contributed by atoms with Gasteiger partial charge in [0.15, 0.2) is 10.9 Å². The molecule has 0 bridgehead atoms. The number of benzene rings is 1. The third kappa shape index (κ3) is 6.33. The lowest BCUT2D eigenvalue weighted by molar-refractivity contribution is 0.186. The van der Waals surface area contributed by atoms with Crippen LogP contribution in [0.25, 0.3) is 11.0 Å². The first-order chi connectivity index (χ1) is 10.5. The number of hydrogen-bond acceptors (Lipinski definition) is 6. The van der Waals surface area contributed by atoms with E-state index in [1.807, 2.05) is 18.2 Å². The van der Waals surface area contributed by atoms with E-state index in [2.05, 4.69) is 32.1 Å². The number of aromatic nitrogens is 2. The number of thioether (sulfide) groups is 1. The molecule has 1 aromatic carbocycles. The lowest BCUT2D eigenvalue weighted by Gasteiger charge is -1.98. The van der Waals surface area contributed by atoms with Crippen LogP contribution in [0.4, 0.5) is 10.7 Å². The topological polar surface area (TPSA) is 127 Å². The van der Waals surface area contributed by atoms with Gasteiger partial charge in [0.2, 0.25) is 5.95 Å². The molecule has 4 N–H and O–H groups in total. The number of carbonyl (C=O) groups is 1. The summed E-state index contributed by atoms with van der Waals surface area (Å²) in [7, 11) is -1.30. The highest BCUT2D eigenvalue weighted by molar-refractivity contribution is 7.99. The van der Waals surface area contributed by atoms with Gasteiger partial charge >= 0.3 is 6.09 Å². The highest BCUT2D eigenvalue weighted by Crippen LogP contribution is 2.23. The maximum Gasteiger partial charge on any atom is 0.413 e. The molecule has 1 aromatic heterocycles. The molecule has 0 fully saturated rings. The van der Waals surface area contributed by atoms with Crippen LogP contribution in [0, 0.1) is 0 Å². The van der Waals surface area contributed by atoms with E-state index >= 15 is 0 Å². The molecule has 0 saturated heterocycles. The molecule has 122 valence electrons. The molecule has 0 atom stereocenters. The second-order valence-electron chi connectivity index (χ2n) is 4.01. The Labute approximate surface area is 133 Å². The summed E-state index contributed by atoms with van der Waals surface area (Å²) in [5, 5.41) is 6.57. The monoisotopic (exact) mass is 346 g/mol. The number of anilines is 1. The van der Waals surface area contributed by atoms with E-state index in [1.165, 1.54) is 12.0 Å². The van der Waals surface area contributed by atoms with Gasteiger partial charge in [0.1, 0.15) is 0 Å². The number of amides is 1. The number of ether oxygens (including phenoxy) is 1. The van der Waals surface area contributed by atoms with Crippen LogP contribution in [0.15, 0.2) is 23.1 Å². The number of aromatic amines is 1. The van der Waals surface area contributed by atoms with Gasteiger partial charge in [-0.25, -0.2) is 23.3 Å². The van der Waals surface area contributed by atoms with Gasteiger partial charge in [-0.2, -0.15) is 0 Å². The van der Waals surface area contributed by atoms with Gasteiger partial charge in [-0.1, -0.05) is 6.92 Å². The van der Waals surface area contributed by atoms with Crippen molar-refractivity contribution in [1.29, 1.82) is 0 Å². The van der Waals surface area contributed by atoms with Crippen molar-refractivity contribution in [3.05, 3.63) is 18.2 Å². The van der Waals surface area contributed by atoms with Crippen LogP contribution in [-0.4, -0.2) is 37.3 Å². The molecule has 10 heteroatoms. The largest absolute Gasteiger partial charge is 0.453 e. The number of methoxy groups -OCH3 is 1. The summed E-state index contributed by atoms with van der Waals surface area (Å²) in [6.07, 6.45) is 0.605. The SMILES string of the molecule is CCCSc1ccc2[nH]c(NC(=O)OC)nc2c1.N[SH](=O)=O. The van der Waals surface area contributed by atoms with E-state index in [0.29, 0.717) is 5.95 Å². The Kier molecular flexibility index (Phi) is 7.71. The minimum atomic E-state index is -2.62. The maximum atomic E-state index is 11.1. The van der Waals surface area contributed by atoms with Crippen molar-refractivity contribution in [2.75, 3.05) is 18.2 Å². The van der Waals surface area contributed by atoms with Crippen LogP contribution in [0.1, 0.15) is 13.3 Å². The quantitative estimate of drug-likeness (QED) is 0.493. The number of thiol groups is 1. The van der Waals surface area contributed by atoms with Gasteiger partial charge in [0.05, 0.1) is 18.1 Å². The van der Waals surface area contributed by atoms with Crippen LogP contribution in [-0.2, 0) is 15.6 Å². The Bertz CT molecular complexity index is 691. The van der Waals surface area contributed by atoms with Gasteiger partial charge < -0.3 is 9.72 Å². The average Bonchev–Trinajstić information content (AvgIpc) is 2.85. The summed E-state index contributed by atoms with van der Waals surface area (Å²) < 4.78 is 22.1. The summed E-state index contributed by atoms with van der Waals surface area (Å²) in [5.41, 5.74) is 1.73. The second-order valence-corrected chi connectivity index (χ2v) is 5.75. The predicted molar refractivity (Wildman–Crippen MR) is 87.6 cm³/mol. The van der Waals surface area contributed by atoms with Crippen molar-refractivity contribution in [3.8, 4) is 0 Å². The maximum absolute atomic E-state index is 11.1. The minimum Gasteiger partial charge on any atom is -0.453 e. The molecule has 22 heavy (non-hydrogen) atoms. The van der Waals surface area contributed by atoms with Gasteiger partial charge in [-0.05, 0) is 30.4 Å². The number of carbonyl (C=O) groups excluding carboxylic acids is 1. The summed E-state index contributed by atoms with van der Waals surface area (Å²) in [6.45, 7) is 2.15. The molecule has 0 unspecified atom stereocenters. The molecule has 0 spiro atoms. The lowest BCUT2D eigenvalue weighted by atomic mass is 10.3. The first kappa shape index (κ1) is 18.3. The number of imidazole rings is 1. The van der Waals surface area contributed by atoms with Crippen LogP contribution in [0.2, 0.25) is 0 Å². The summed E-state index contributed by atoms with van der Waals surface area (Å²) in [6, 6.07) is 6.01. The fraction of sp³-hybridized carbons (Fsp3) is 0.333. The average molecular weight is 346 g/mol. The molecular formula is C12H18N4O4S2. The highest BCUT2D eigenvalue weighted by Gasteiger charge is 2.07. The van der Waals surface area contributed by atoms with E-state index < -0.39 is 17.0 Å². The molecule has 0 saturated carbocycles. The van der Waals surface area contributed by atoms with Crippen molar-refractivity contribution < 1.29 is 17.9 Å². The van der Waals surface area contributed by atoms with Crippen molar-refractivity contribution in [2.45, 2.75) is 18.2 Å². The zero-order chi connectivity index (χ0) is 16.5. The van der Waals surface area contributed by atoms with Crippen molar-refractivity contribution in [2.24, 2.45) is 5.14 Å². The number of nitrogens with two attached hydrogens (primary N) is 1. The number of nitrogens with zero attached hydrogens (tertiary/aromatic N) is 1. The van der Waals surface area contributed by atoms with E-state index in [1.54, 1.807) is 11.8 Å². The zero-order valence-electron chi connectivity index (χ0n) is 12.2. The Balaban J connectivity index is 0.000000541. The second kappa shape index (κ2) is 9.28. The molecule has 0 aliphatic heterocycles. The lowest BCUT2D eigenvalue weighted by Crippen LogP contribution is -2.11. The van der Waals surface area contributed by atoms with Crippen molar-refractivity contribution in [1.82, 2.24) is 9.97 Å². The standard InChI is InChI=1S/C12H15N3O2S.H3NO2S/c1-3-6-18-8-4-5-9-10(7-8)14-11(13-9)15-12(16)17-2;1-4(2)3/h4-5,7H,3,6H2,1-2H3,(H2,13,14,15,16);4H,(H2,1,2,3). The van der Waals surface area contributed by atoms with Crippen LogP contribution < -0.4 is 10.5 Å². The Morgan fingerprint density at radius 3 is 2.77 bits per heavy atom. The number of fused-ring (bicyclic) bond motifs is 1. The van der Waals surface area contributed by atoms with Gasteiger partial charge in [-0.3, -0.25) is 5.32 Å². The highest BCUT2D eigenvalue weighted by atomic mass is 32.2. The molecule has 1 amide bonds. The molecule has 2 rings (SSSR count). The van der Waals surface area contributed by atoms with Crippen LogP contribution >= 0.6 is 11.8 Å². The van der Waals surface area contributed by atoms with Gasteiger partial charge in [0.25, 0.3) is 0 Å². The number of H-pyrrole nitrogens is 1. The minimum absolute atomic E-state index is 0.398. The third-order valence-corrected chi connectivity index (χ3v) is 3.53. The Morgan fingerprint density at radius 1 is 1.50 bits per heavy atom. The van der Waals surface area contributed by atoms with E-state index in [9.17, 15) is 4.79 Å². The van der Waals surface area contributed by atoms with E-state index in [0.717, 1.165) is 23.2 Å². The third-order valence-electron chi connectivity index (χ3n) is 2.33. The van der Waals surface area contributed by atoms with E-state index in [4.69, 9.17) is 8.42 Å². The molecule has 0 radical (unpaired) electrons. The summed E-state index contributed by atoms with van der Waals surface area (Å²) in [4.78, 5) is 19.6. The van der Waals surface area contributed by atoms with Crippen molar-refractivity contribution in [3.63, 3.8) is 0 Å². The normalized spacial score (nSPS) is 10.2. The molecule has 8 nitrogen and oxygen atoms in total. The first-order valence-corrected chi connectivity index (χ1v) is 8.56. The Morgan fingerprint density at radius 2 is 2.18 bits per heavy atom. The number of nitrogens with one attached hydrogen (secondary N) is 2. The van der Waals surface area contributed by atoms with Gasteiger partial charge in [0, 0.05) is 4.90 Å². The number of hydrogen-bond donors (Lipinski definition) is 4. The molecule has 2 aromatic rings.